The van der Waals surface area contributed by atoms with Crippen LogP contribution in [0.25, 0.3) is 23.0 Å². The molecule has 0 radical (unpaired) electrons. The van der Waals surface area contributed by atoms with Gasteiger partial charge >= 0.3 is 0 Å². The maximum Gasteiger partial charge on any atom is 0.267 e. The van der Waals surface area contributed by atoms with Gasteiger partial charge in [0.25, 0.3) is 5.91 Å². The van der Waals surface area contributed by atoms with Gasteiger partial charge in [-0.25, -0.2) is 9.67 Å². The minimum atomic E-state index is -0.0905. The average molecular weight is 477 g/mol. The number of benzene rings is 3. The SMILES string of the molecule is C=CCN1C(=O)/C(=C/c2cn(-c3ccccc3)nc2-c2ccccc2)SC1=Nc1ccc(C)cc1. The van der Waals surface area contributed by atoms with Crippen molar-refractivity contribution in [1.82, 2.24) is 14.7 Å². The molecule has 1 fully saturated rings. The van der Waals surface area contributed by atoms with E-state index in [-0.39, 0.29) is 5.91 Å². The topological polar surface area (TPSA) is 50.5 Å². The number of amidine groups is 1. The number of para-hydroxylation sites is 1. The number of thioether (sulfide) groups is 1. The van der Waals surface area contributed by atoms with E-state index in [4.69, 9.17) is 10.1 Å². The number of hydrogen-bond donors (Lipinski definition) is 0. The predicted octanol–water partition coefficient (Wildman–Crippen LogP) is 6.64. The molecule has 35 heavy (non-hydrogen) atoms. The third kappa shape index (κ3) is 4.88. The molecule has 6 heteroatoms. The van der Waals surface area contributed by atoms with Crippen molar-refractivity contribution in [3.63, 3.8) is 0 Å². The molecule has 0 atom stereocenters. The molecule has 1 aromatic heterocycles. The van der Waals surface area contributed by atoms with Crippen LogP contribution in [0.2, 0.25) is 0 Å². The smallest absolute Gasteiger partial charge is 0.267 e. The number of carbonyl (C=O) groups excluding carboxylic acids is 1. The van der Waals surface area contributed by atoms with Gasteiger partial charge in [0.2, 0.25) is 0 Å². The highest BCUT2D eigenvalue weighted by Crippen LogP contribution is 2.36. The Morgan fingerprint density at radius 1 is 0.971 bits per heavy atom. The zero-order valence-corrected chi connectivity index (χ0v) is 20.2. The van der Waals surface area contributed by atoms with Crippen LogP contribution in [-0.2, 0) is 4.79 Å². The third-order valence-electron chi connectivity index (χ3n) is 5.56. The van der Waals surface area contributed by atoms with Crippen LogP contribution in [0, 0.1) is 6.92 Å². The molecule has 1 aliphatic rings. The Kier molecular flexibility index (Phi) is 6.46. The molecule has 0 spiro atoms. The van der Waals surface area contributed by atoms with E-state index in [1.54, 1.807) is 11.0 Å². The van der Waals surface area contributed by atoms with Gasteiger partial charge < -0.3 is 0 Å². The maximum absolute atomic E-state index is 13.4. The molecule has 2 heterocycles. The van der Waals surface area contributed by atoms with Crippen molar-refractivity contribution in [2.75, 3.05) is 6.54 Å². The molecule has 0 aliphatic carbocycles. The molecular weight excluding hydrogens is 452 g/mol. The Morgan fingerprint density at radius 3 is 2.34 bits per heavy atom. The minimum absolute atomic E-state index is 0.0905. The summed E-state index contributed by atoms with van der Waals surface area (Å²) in [5.41, 5.74) is 5.59. The van der Waals surface area contributed by atoms with E-state index in [0.29, 0.717) is 16.6 Å². The van der Waals surface area contributed by atoms with Crippen molar-refractivity contribution in [3.05, 3.63) is 120 Å². The monoisotopic (exact) mass is 476 g/mol. The van der Waals surface area contributed by atoms with E-state index in [1.807, 2.05) is 109 Å². The number of aryl methyl sites for hydroxylation is 1. The van der Waals surface area contributed by atoms with E-state index in [1.165, 1.54) is 11.8 Å². The first-order valence-corrected chi connectivity index (χ1v) is 12.1. The van der Waals surface area contributed by atoms with Crippen LogP contribution >= 0.6 is 11.8 Å². The van der Waals surface area contributed by atoms with Gasteiger partial charge in [0.05, 0.1) is 22.0 Å². The Labute approximate surface area is 209 Å². The second-order valence-electron chi connectivity index (χ2n) is 8.12. The second kappa shape index (κ2) is 9.99. The third-order valence-corrected chi connectivity index (χ3v) is 6.56. The Morgan fingerprint density at radius 2 is 1.66 bits per heavy atom. The summed E-state index contributed by atoms with van der Waals surface area (Å²) < 4.78 is 1.85. The average Bonchev–Trinajstić information content (AvgIpc) is 3.44. The fourth-order valence-corrected chi connectivity index (χ4v) is 4.78. The van der Waals surface area contributed by atoms with E-state index < -0.39 is 0 Å². The number of carbonyl (C=O) groups is 1. The van der Waals surface area contributed by atoms with Crippen LogP contribution in [0.3, 0.4) is 0 Å². The highest BCUT2D eigenvalue weighted by molar-refractivity contribution is 8.18. The van der Waals surface area contributed by atoms with E-state index in [0.717, 1.165) is 33.8 Å². The maximum atomic E-state index is 13.4. The van der Waals surface area contributed by atoms with Crippen LogP contribution in [0.1, 0.15) is 11.1 Å². The first-order valence-electron chi connectivity index (χ1n) is 11.3. The summed E-state index contributed by atoms with van der Waals surface area (Å²) in [6.45, 7) is 6.25. The molecule has 0 saturated carbocycles. The van der Waals surface area contributed by atoms with Gasteiger partial charge in [-0.1, -0.05) is 72.3 Å². The second-order valence-corrected chi connectivity index (χ2v) is 9.13. The van der Waals surface area contributed by atoms with Crippen LogP contribution in [0.4, 0.5) is 5.69 Å². The van der Waals surface area contributed by atoms with Gasteiger partial charge in [0.15, 0.2) is 5.17 Å². The molecule has 1 saturated heterocycles. The summed E-state index contributed by atoms with van der Waals surface area (Å²) in [4.78, 5) is 20.4. The Bertz CT molecular complexity index is 1420. The minimum Gasteiger partial charge on any atom is -0.283 e. The molecular formula is C29H24N4OS. The van der Waals surface area contributed by atoms with Gasteiger partial charge in [-0.05, 0) is 49.0 Å². The van der Waals surface area contributed by atoms with E-state index in [2.05, 4.69) is 6.58 Å². The molecule has 3 aromatic carbocycles. The van der Waals surface area contributed by atoms with Crippen LogP contribution < -0.4 is 0 Å². The van der Waals surface area contributed by atoms with Crippen molar-refractivity contribution < 1.29 is 4.79 Å². The zero-order valence-electron chi connectivity index (χ0n) is 19.3. The number of aliphatic imine (C=N–C) groups is 1. The first kappa shape index (κ1) is 22.6. The number of hydrogen-bond acceptors (Lipinski definition) is 4. The highest BCUT2D eigenvalue weighted by atomic mass is 32.2. The quantitative estimate of drug-likeness (QED) is 0.232. The van der Waals surface area contributed by atoms with Crippen molar-refractivity contribution in [3.8, 4) is 16.9 Å². The van der Waals surface area contributed by atoms with Gasteiger partial charge in [-0.3, -0.25) is 9.69 Å². The van der Waals surface area contributed by atoms with E-state index >= 15 is 0 Å². The lowest BCUT2D eigenvalue weighted by Crippen LogP contribution is -2.29. The molecule has 1 aliphatic heterocycles. The molecule has 0 bridgehead atoms. The van der Waals surface area contributed by atoms with E-state index in [9.17, 15) is 4.79 Å². The Balaban J connectivity index is 1.57. The molecule has 1 amide bonds. The predicted molar refractivity (Wildman–Crippen MR) is 145 cm³/mol. The largest absolute Gasteiger partial charge is 0.283 e. The number of aromatic nitrogens is 2. The van der Waals surface area contributed by atoms with Gasteiger partial charge in [0, 0.05) is 23.9 Å². The highest BCUT2D eigenvalue weighted by Gasteiger charge is 2.33. The molecule has 5 nitrogen and oxygen atoms in total. The molecule has 0 unspecified atom stereocenters. The lowest BCUT2D eigenvalue weighted by Gasteiger charge is -2.12. The summed E-state index contributed by atoms with van der Waals surface area (Å²) in [7, 11) is 0. The van der Waals surface area contributed by atoms with Gasteiger partial charge in [-0.15, -0.1) is 6.58 Å². The summed E-state index contributed by atoms with van der Waals surface area (Å²) in [6, 6.07) is 27.9. The Hall–Kier alpha value is -4.16. The van der Waals surface area contributed by atoms with Crippen molar-refractivity contribution >= 4 is 34.6 Å². The van der Waals surface area contributed by atoms with Crippen molar-refractivity contribution in [2.24, 2.45) is 4.99 Å². The summed E-state index contributed by atoms with van der Waals surface area (Å²) in [6.07, 6.45) is 5.59. The summed E-state index contributed by atoms with van der Waals surface area (Å²) in [5.74, 6) is -0.0905. The first-order chi connectivity index (χ1) is 17.1. The fourth-order valence-electron chi connectivity index (χ4n) is 3.78. The summed E-state index contributed by atoms with van der Waals surface area (Å²) >= 11 is 1.37. The van der Waals surface area contributed by atoms with Crippen molar-refractivity contribution in [1.29, 1.82) is 0 Å². The normalized spacial score (nSPS) is 15.8. The fraction of sp³-hybridized carbons (Fsp3) is 0.0690. The molecule has 5 rings (SSSR count). The lowest BCUT2D eigenvalue weighted by molar-refractivity contribution is -0.121. The van der Waals surface area contributed by atoms with Crippen LogP contribution in [0.15, 0.2) is 114 Å². The number of amides is 1. The summed E-state index contributed by atoms with van der Waals surface area (Å²) in [5, 5.41) is 5.50. The number of rotatable bonds is 6. The zero-order chi connectivity index (χ0) is 24.2. The molecule has 172 valence electrons. The van der Waals surface area contributed by atoms with Crippen molar-refractivity contribution in [2.45, 2.75) is 6.92 Å². The van der Waals surface area contributed by atoms with Gasteiger partial charge in [-0.2, -0.15) is 5.10 Å². The van der Waals surface area contributed by atoms with Crippen LogP contribution in [0.5, 0.6) is 0 Å². The standard InChI is InChI=1S/C29H24N4OS/c1-3-18-32-28(34)26(35-29(32)30-24-16-14-21(2)15-17-24)19-23-20-33(25-12-8-5-9-13-25)31-27(23)22-10-6-4-7-11-22/h3-17,19-20H,1,18H2,2H3/b26-19-,30-29?. The molecule has 4 aromatic rings. The van der Waals surface area contributed by atoms with Gasteiger partial charge in [0.1, 0.15) is 0 Å². The lowest BCUT2D eigenvalue weighted by atomic mass is 10.1. The molecule has 0 N–H and O–H groups in total. The van der Waals surface area contributed by atoms with Crippen LogP contribution in [-0.4, -0.2) is 32.3 Å². The number of nitrogens with zero attached hydrogens (tertiary/aromatic N) is 4.